The zero-order chi connectivity index (χ0) is 24.2. The van der Waals surface area contributed by atoms with Crippen LogP contribution in [0.5, 0.6) is 0 Å². The fraction of sp³-hybridized carbons (Fsp3) is 0.375. The van der Waals surface area contributed by atoms with Crippen molar-refractivity contribution in [1.29, 1.82) is 5.41 Å². The van der Waals surface area contributed by atoms with Gasteiger partial charge in [0.25, 0.3) is 0 Å². The Morgan fingerprint density at radius 2 is 2.03 bits per heavy atom. The van der Waals surface area contributed by atoms with Crippen LogP contribution < -0.4 is 5.32 Å². The van der Waals surface area contributed by atoms with E-state index in [1.807, 2.05) is 16.4 Å². The van der Waals surface area contributed by atoms with Crippen LogP contribution in [0.3, 0.4) is 0 Å². The number of aromatic nitrogens is 3. The fourth-order valence-corrected chi connectivity index (χ4v) is 5.47. The van der Waals surface area contributed by atoms with Crippen molar-refractivity contribution in [3.8, 4) is 0 Å². The van der Waals surface area contributed by atoms with Crippen LogP contribution in [0, 0.1) is 18.2 Å². The molecule has 34 heavy (non-hydrogen) atoms. The molecule has 0 bridgehead atoms. The van der Waals surface area contributed by atoms with Gasteiger partial charge in [0.05, 0.1) is 6.20 Å². The number of piperazine rings is 1. The van der Waals surface area contributed by atoms with E-state index in [0.29, 0.717) is 18.1 Å². The summed E-state index contributed by atoms with van der Waals surface area (Å²) in [6.07, 6.45) is 3.90. The van der Waals surface area contributed by atoms with Gasteiger partial charge < -0.3 is 10.7 Å². The highest BCUT2D eigenvalue weighted by atomic mass is 32.2. The molecule has 0 amide bonds. The van der Waals surface area contributed by atoms with E-state index in [1.54, 1.807) is 25.4 Å². The first-order valence-electron chi connectivity index (χ1n) is 11.3. The highest BCUT2D eigenvalue weighted by Crippen LogP contribution is 2.33. The number of nitrogens with one attached hydrogen (secondary N) is 2. The molecule has 10 heteroatoms. The molecule has 0 radical (unpaired) electrons. The second-order valence-electron chi connectivity index (χ2n) is 8.43. The van der Waals surface area contributed by atoms with Gasteiger partial charge in [0.1, 0.15) is 16.8 Å². The molecule has 1 aliphatic heterocycles. The van der Waals surface area contributed by atoms with Crippen molar-refractivity contribution >= 4 is 28.6 Å². The van der Waals surface area contributed by atoms with E-state index in [1.165, 1.54) is 23.1 Å². The lowest BCUT2D eigenvalue weighted by Crippen LogP contribution is -2.49. The molecule has 2 heterocycles. The van der Waals surface area contributed by atoms with Crippen molar-refractivity contribution in [3.63, 3.8) is 0 Å². The third-order valence-corrected chi connectivity index (χ3v) is 7.38. The molecular formula is C24H30FN7OS. The summed E-state index contributed by atoms with van der Waals surface area (Å²) in [5, 5.41) is 20.1. The van der Waals surface area contributed by atoms with Crippen molar-refractivity contribution in [2.45, 2.75) is 31.3 Å². The van der Waals surface area contributed by atoms with Crippen LogP contribution in [0.25, 0.3) is 0 Å². The highest BCUT2D eigenvalue weighted by molar-refractivity contribution is 7.82. The van der Waals surface area contributed by atoms with Gasteiger partial charge in [0.15, 0.2) is 5.03 Å². The zero-order valence-corrected chi connectivity index (χ0v) is 20.5. The summed E-state index contributed by atoms with van der Waals surface area (Å²) < 4.78 is 28.4. The van der Waals surface area contributed by atoms with Gasteiger partial charge >= 0.3 is 0 Å². The number of aryl methyl sites for hydroxylation is 2. The van der Waals surface area contributed by atoms with Crippen LogP contribution in [-0.2, 0) is 18.0 Å². The summed E-state index contributed by atoms with van der Waals surface area (Å²) in [6.45, 7) is 7.21. The third kappa shape index (κ3) is 5.24. The molecule has 2 atom stereocenters. The Balaban J connectivity index is 1.64. The number of hydrogen-bond donors (Lipinski definition) is 2. The number of halogens is 1. The second kappa shape index (κ2) is 10.5. The van der Waals surface area contributed by atoms with E-state index in [4.69, 9.17) is 5.41 Å². The summed E-state index contributed by atoms with van der Waals surface area (Å²) in [4.78, 5) is 3.85. The molecule has 3 aromatic rings. The van der Waals surface area contributed by atoms with E-state index in [-0.39, 0.29) is 11.9 Å². The predicted molar refractivity (Wildman–Crippen MR) is 132 cm³/mol. The van der Waals surface area contributed by atoms with Crippen molar-refractivity contribution < 1.29 is 8.60 Å². The van der Waals surface area contributed by atoms with Crippen LogP contribution in [-0.4, -0.2) is 60.8 Å². The van der Waals surface area contributed by atoms with Crippen LogP contribution in [0.4, 0.5) is 15.8 Å². The van der Waals surface area contributed by atoms with Gasteiger partial charge in [-0.2, -0.15) is 9.90 Å². The Kier molecular flexibility index (Phi) is 7.50. The molecule has 4 rings (SSSR count). The lowest BCUT2D eigenvalue weighted by molar-refractivity contribution is 0.120. The number of rotatable bonds is 8. The summed E-state index contributed by atoms with van der Waals surface area (Å²) >= 11 is 0. The van der Waals surface area contributed by atoms with Crippen LogP contribution in [0.15, 0.2) is 47.6 Å². The number of benzene rings is 2. The first-order chi connectivity index (χ1) is 16.4. The fourth-order valence-electron chi connectivity index (χ4n) is 4.35. The Hall–Kier alpha value is -2.95. The molecule has 0 saturated carbocycles. The number of hydrogen-bond acceptors (Lipinski definition) is 6. The Morgan fingerprint density at radius 1 is 1.26 bits per heavy atom. The molecule has 0 spiro atoms. The Labute approximate surface area is 201 Å². The van der Waals surface area contributed by atoms with Crippen LogP contribution in [0.1, 0.15) is 36.1 Å². The Bertz CT molecular complexity index is 1180. The summed E-state index contributed by atoms with van der Waals surface area (Å²) in [7, 11) is 0.330. The summed E-state index contributed by atoms with van der Waals surface area (Å²) in [5.41, 5.74) is 4.48. The monoisotopic (exact) mass is 483 g/mol. The smallest absolute Gasteiger partial charge is 0.185 e. The quantitative estimate of drug-likeness (QED) is 0.476. The molecule has 180 valence electrons. The minimum absolute atomic E-state index is 0.0351. The van der Waals surface area contributed by atoms with Crippen molar-refractivity contribution in [2.75, 3.05) is 31.5 Å². The standard InChI is InChI=1S/C24H30FN7OS/c1-4-9-31-10-11-32(34(33)24-15-27-30(3)29-24)16-23(31)21-13-18(14-26)22(12-17(21)2)28-20-7-5-19(25)6-8-20/h5-8,12-15,23,26,28H,4,9-11,16H2,1-3H3. The van der Waals surface area contributed by atoms with Gasteiger partial charge in [-0.3, -0.25) is 4.90 Å². The lowest BCUT2D eigenvalue weighted by Gasteiger charge is -2.41. The summed E-state index contributed by atoms with van der Waals surface area (Å²) in [5.74, 6) is -0.291. The maximum Gasteiger partial charge on any atom is 0.185 e. The third-order valence-electron chi connectivity index (χ3n) is 6.03. The minimum Gasteiger partial charge on any atom is -0.355 e. The molecule has 1 aliphatic rings. The maximum atomic E-state index is 13.3. The second-order valence-corrected chi connectivity index (χ2v) is 9.87. The van der Waals surface area contributed by atoms with Gasteiger partial charge in [0, 0.05) is 55.9 Å². The SMILES string of the molecule is CCCN1CCN(S(=O)c2cnn(C)n2)CC1c1cc(C=N)c(Nc2ccc(F)cc2)cc1C. The molecule has 1 aromatic heterocycles. The van der Waals surface area contributed by atoms with E-state index in [9.17, 15) is 8.60 Å². The number of nitrogens with zero attached hydrogens (tertiary/aromatic N) is 5. The molecule has 2 N–H and O–H groups in total. The predicted octanol–water partition coefficient (Wildman–Crippen LogP) is 3.80. The van der Waals surface area contributed by atoms with Crippen molar-refractivity contribution in [1.82, 2.24) is 24.2 Å². The maximum absolute atomic E-state index is 13.3. The lowest BCUT2D eigenvalue weighted by atomic mass is 9.94. The Morgan fingerprint density at radius 3 is 2.68 bits per heavy atom. The van der Waals surface area contributed by atoms with E-state index in [0.717, 1.165) is 47.6 Å². The average molecular weight is 484 g/mol. The van der Waals surface area contributed by atoms with Crippen molar-refractivity contribution in [3.05, 3.63) is 65.1 Å². The minimum atomic E-state index is -1.38. The van der Waals surface area contributed by atoms with Crippen molar-refractivity contribution in [2.24, 2.45) is 7.05 Å². The first-order valence-corrected chi connectivity index (χ1v) is 12.4. The molecule has 2 aromatic carbocycles. The highest BCUT2D eigenvalue weighted by Gasteiger charge is 2.32. The zero-order valence-electron chi connectivity index (χ0n) is 19.7. The van der Waals surface area contributed by atoms with E-state index in [2.05, 4.69) is 34.3 Å². The van der Waals surface area contributed by atoms with Crippen LogP contribution >= 0.6 is 0 Å². The number of anilines is 2. The molecule has 1 fully saturated rings. The normalized spacial score (nSPS) is 18.1. The first kappa shape index (κ1) is 24.2. The topological polar surface area (TPSA) is 90.1 Å². The van der Waals surface area contributed by atoms with E-state index < -0.39 is 11.0 Å². The molecule has 1 saturated heterocycles. The molecule has 0 aliphatic carbocycles. The largest absolute Gasteiger partial charge is 0.355 e. The molecule has 2 unspecified atom stereocenters. The summed E-state index contributed by atoms with van der Waals surface area (Å²) in [6, 6.07) is 10.3. The molecular weight excluding hydrogens is 453 g/mol. The van der Waals surface area contributed by atoms with Gasteiger partial charge in [-0.05, 0) is 67.4 Å². The van der Waals surface area contributed by atoms with E-state index >= 15 is 0 Å². The van der Waals surface area contributed by atoms with Gasteiger partial charge in [-0.15, -0.1) is 5.10 Å². The van der Waals surface area contributed by atoms with Crippen LogP contribution in [0.2, 0.25) is 0 Å². The van der Waals surface area contributed by atoms with Gasteiger partial charge in [-0.1, -0.05) is 6.92 Å². The van der Waals surface area contributed by atoms with Gasteiger partial charge in [0.2, 0.25) is 0 Å². The average Bonchev–Trinajstić information content (AvgIpc) is 3.27. The van der Waals surface area contributed by atoms with Gasteiger partial charge in [-0.25, -0.2) is 12.9 Å². The molecule has 8 nitrogen and oxygen atoms in total.